The zero-order valence-corrected chi connectivity index (χ0v) is 11.1. The summed E-state index contributed by atoms with van der Waals surface area (Å²) in [7, 11) is 1.56. The van der Waals surface area contributed by atoms with E-state index in [0.29, 0.717) is 12.6 Å². The van der Waals surface area contributed by atoms with Crippen molar-refractivity contribution in [2.24, 2.45) is 0 Å². The fourth-order valence-electron chi connectivity index (χ4n) is 2.47. The molecule has 1 aromatic rings. The van der Waals surface area contributed by atoms with Gasteiger partial charge in [-0.05, 0) is 17.5 Å². The number of rotatable bonds is 4. The Labute approximate surface area is 116 Å². The van der Waals surface area contributed by atoms with Gasteiger partial charge in [-0.25, -0.2) is 0 Å². The van der Waals surface area contributed by atoms with Crippen LogP contribution in [0.15, 0.2) is 24.3 Å². The number of nitrogens with zero attached hydrogens (tertiary/aromatic N) is 3. The number of amides is 1. The number of likely N-dealkylation sites (N-methyl/N-ethyl adjacent to an activating group) is 1. The maximum absolute atomic E-state index is 12.0. The minimum absolute atomic E-state index is 0.375. The monoisotopic (exact) mass is 273 g/mol. The topological polar surface area (TPSA) is 94.0 Å². The van der Waals surface area contributed by atoms with E-state index >= 15 is 0 Å². The molecule has 0 heterocycles. The molecule has 2 atom stereocenters. The van der Waals surface area contributed by atoms with Crippen molar-refractivity contribution >= 4 is 17.9 Å². The molecule has 2 rings (SSSR count). The number of hydrogen-bond acceptors (Lipinski definition) is 3. The lowest BCUT2D eigenvalue weighted by Gasteiger charge is -2.27. The van der Waals surface area contributed by atoms with E-state index in [2.05, 4.69) is 4.79 Å². The van der Waals surface area contributed by atoms with Crippen molar-refractivity contribution < 1.29 is 19.5 Å². The van der Waals surface area contributed by atoms with Crippen LogP contribution < -0.4 is 0 Å². The predicted molar refractivity (Wildman–Crippen MR) is 71.0 cm³/mol. The number of aliphatic hydroxyl groups is 1. The van der Waals surface area contributed by atoms with E-state index in [1.54, 1.807) is 7.05 Å². The van der Waals surface area contributed by atoms with Crippen LogP contribution in [-0.2, 0) is 16.0 Å². The molecule has 1 aliphatic rings. The van der Waals surface area contributed by atoms with E-state index in [4.69, 9.17) is 5.53 Å². The Morgan fingerprint density at radius 1 is 1.50 bits per heavy atom. The third-order valence-corrected chi connectivity index (χ3v) is 3.59. The van der Waals surface area contributed by atoms with Crippen LogP contribution in [0, 0.1) is 0 Å². The van der Waals surface area contributed by atoms with Crippen molar-refractivity contribution in [1.82, 2.24) is 4.90 Å². The molecule has 0 aliphatic heterocycles. The first-order chi connectivity index (χ1) is 9.54. The highest BCUT2D eigenvalue weighted by Gasteiger charge is 2.35. The fraction of sp³-hybridized carbons (Fsp3) is 0.357. The third-order valence-electron chi connectivity index (χ3n) is 3.59. The summed E-state index contributed by atoms with van der Waals surface area (Å²) in [6, 6.07) is 7.10. The smallest absolute Gasteiger partial charge is 0.323 e. The lowest BCUT2D eigenvalue weighted by molar-refractivity contribution is -0.136. The highest BCUT2D eigenvalue weighted by atomic mass is 16.3. The molecule has 0 saturated heterocycles. The van der Waals surface area contributed by atoms with Crippen molar-refractivity contribution in [3.05, 3.63) is 40.9 Å². The molecular formula is C14H15N3O3. The number of carbonyl (C=O) groups is 2. The molecule has 1 N–H and O–H groups in total. The van der Waals surface area contributed by atoms with Gasteiger partial charge >= 0.3 is 6.21 Å². The standard InChI is InChI=1S/C14H15N3O3/c1-17(13(19)7-10(18)8-16-15)12-6-9-4-2-3-5-11(9)14(12)20/h2-5,8,12,14,20H,6-7H2,1H3/t12-,14-/m1/s1. The molecule has 0 fully saturated rings. The second-order valence-corrected chi connectivity index (χ2v) is 4.81. The van der Waals surface area contributed by atoms with Gasteiger partial charge in [-0.2, -0.15) is 4.79 Å². The molecule has 6 heteroatoms. The van der Waals surface area contributed by atoms with Gasteiger partial charge in [0.15, 0.2) is 0 Å². The lowest BCUT2D eigenvalue weighted by Crippen LogP contribution is -2.40. The summed E-state index contributed by atoms with van der Waals surface area (Å²) < 4.78 is 0. The number of benzene rings is 1. The molecule has 0 unspecified atom stereocenters. The van der Waals surface area contributed by atoms with Gasteiger partial charge in [-0.1, -0.05) is 24.3 Å². The Hall–Kier alpha value is -2.30. The maximum atomic E-state index is 12.0. The van der Waals surface area contributed by atoms with Crippen molar-refractivity contribution in [1.29, 1.82) is 0 Å². The van der Waals surface area contributed by atoms with Crippen molar-refractivity contribution in [2.45, 2.75) is 25.0 Å². The molecule has 1 aliphatic carbocycles. The number of carbonyl (C=O) groups excluding carboxylic acids is 2. The largest absolute Gasteiger partial charge is 0.386 e. The summed E-state index contributed by atoms with van der Waals surface area (Å²) in [6.07, 6.45) is 0.134. The lowest BCUT2D eigenvalue weighted by atomic mass is 10.1. The summed E-state index contributed by atoms with van der Waals surface area (Å²) in [4.78, 5) is 27.2. The molecule has 0 bridgehead atoms. The minimum atomic E-state index is -0.748. The van der Waals surface area contributed by atoms with Crippen LogP contribution in [0.25, 0.3) is 5.53 Å². The second kappa shape index (κ2) is 5.77. The van der Waals surface area contributed by atoms with Crippen LogP contribution in [0.3, 0.4) is 0 Å². The zero-order chi connectivity index (χ0) is 14.7. The van der Waals surface area contributed by atoms with E-state index in [1.165, 1.54) is 4.90 Å². The third kappa shape index (κ3) is 2.66. The average Bonchev–Trinajstić information content (AvgIpc) is 2.76. The Morgan fingerprint density at radius 3 is 2.85 bits per heavy atom. The average molecular weight is 273 g/mol. The van der Waals surface area contributed by atoms with Crippen molar-refractivity contribution in [3.63, 3.8) is 0 Å². The number of Topliss-reactive ketones (excluding diaryl/α,β-unsaturated/α-hetero) is 1. The van der Waals surface area contributed by atoms with Crippen LogP contribution in [-0.4, -0.2) is 45.8 Å². The normalized spacial score (nSPS) is 19.9. The van der Waals surface area contributed by atoms with Crippen LogP contribution in [0.4, 0.5) is 0 Å². The molecule has 1 aromatic carbocycles. The number of aliphatic hydroxyl groups excluding tert-OH is 1. The van der Waals surface area contributed by atoms with Gasteiger partial charge in [-0.15, -0.1) is 0 Å². The Morgan fingerprint density at radius 2 is 2.20 bits per heavy atom. The molecule has 20 heavy (non-hydrogen) atoms. The first-order valence-electron chi connectivity index (χ1n) is 6.26. The minimum Gasteiger partial charge on any atom is -0.386 e. The van der Waals surface area contributed by atoms with Gasteiger partial charge in [0.1, 0.15) is 0 Å². The summed E-state index contributed by atoms with van der Waals surface area (Å²) in [5.74, 6) is -0.985. The van der Waals surface area contributed by atoms with Crippen LogP contribution >= 0.6 is 0 Å². The summed E-state index contributed by atoms with van der Waals surface area (Å²) in [5, 5.41) is 10.3. The van der Waals surface area contributed by atoms with Gasteiger partial charge < -0.3 is 15.5 Å². The molecule has 0 radical (unpaired) electrons. The first-order valence-corrected chi connectivity index (χ1v) is 6.26. The van der Waals surface area contributed by atoms with E-state index in [9.17, 15) is 14.7 Å². The Kier molecular flexibility index (Phi) is 4.08. The summed E-state index contributed by atoms with van der Waals surface area (Å²) >= 11 is 0. The Bertz CT molecular complexity index is 593. The van der Waals surface area contributed by atoms with E-state index in [0.717, 1.165) is 11.1 Å². The van der Waals surface area contributed by atoms with Crippen molar-refractivity contribution in [3.8, 4) is 0 Å². The van der Waals surface area contributed by atoms with Crippen LogP contribution in [0.2, 0.25) is 0 Å². The van der Waals surface area contributed by atoms with Gasteiger partial charge in [0.25, 0.3) is 0 Å². The van der Waals surface area contributed by atoms with Gasteiger partial charge in [0.05, 0.1) is 18.6 Å². The van der Waals surface area contributed by atoms with Gasteiger partial charge in [0.2, 0.25) is 11.7 Å². The maximum Gasteiger partial charge on any atom is 0.323 e. The summed E-state index contributed by atoms with van der Waals surface area (Å²) in [5.41, 5.74) is 10.1. The Balaban J connectivity index is 2.08. The molecular weight excluding hydrogens is 258 g/mol. The number of fused-ring (bicyclic) bond motifs is 1. The molecule has 1 amide bonds. The van der Waals surface area contributed by atoms with Gasteiger partial charge in [-0.3, -0.25) is 9.59 Å². The number of ketones is 1. The molecule has 104 valence electrons. The number of hydrogen-bond donors (Lipinski definition) is 1. The van der Waals surface area contributed by atoms with Crippen LogP contribution in [0.1, 0.15) is 23.7 Å². The second-order valence-electron chi connectivity index (χ2n) is 4.81. The van der Waals surface area contributed by atoms with Crippen LogP contribution in [0.5, 0.6) is 0 Å². The molecule has 0 aromatic heterocycles. The fourth-order valence-corrected chi connectivity index (χ4v) is 2.47. The van der Waals surface area contributed by atoms with Crippen molar-refractivity contribution in [2.75, 3.05) is 7.05 Å². The quantitative estimate of drug-likeness (QED) is 0.371. The van der Waals surface area contributed by atoms with E-state index in [-0.39, 0.29) is 12.5 Å². The first kappa shape index (κ1) is 14.1. The highest BCUT2D eigenvalue weighted by Crippen LogP contribution is 2.33. The molecule has 0 spiro atoms. The van der Waals surface area contributed by atoms with E-state index in [1.807, 2.05) is 24.3 Å². The molecule has 6 nitrogen and oxygen atoms in total. The van der Waals surface area contributed by atoms with E-state index < -0.39 is 17.8 Å². The zero-order valence-electron chi connectivity index (χ0n) is 11.1. The SMILES string of the molecule is CN(C(=O)CC(=O)C=[N+]=[N-])[C@@H]1Cc2ccccc2[C@H]1O. The predicted octanol–water partition coefficient (Wildman–Crippen LogP) is 0.363. The highest BCUT2D eigenvalue weighted by molar-refractivity contribution is 6.29. The summed E-state index contributed by atoms with van der Waals surface area (Å²) in [6.45, 7) is 0. The molecule has 0 saturated carbocycles. The van der Waals surface area contributed by atoms with Gasteiger partial charge in [0, 0.05) is 7.05 Å².